The molecule has 0 saturated carbocycles. The molecular weight excluding hydrogens is 488 g/mol. The van der Waals surface area contributed by atoms with Gasteiger partial charge in [0.1, 0.15) is 0 Å². The Morgan fingerprint density at radius 1 is 0.857 bits per heavy atom. The average Bonchev–Trinajstić information content (AvgIpc) is 2.67. The zero-order valence-electron chi connectivity index (χ0n) is 15.7. The summed E-state index contributed by atoms with van der Waals surface area (Å²) in [5, 5.41) is 0. The molecule has 2 aromatic rings. The van der Waals surface area contributed by atoms with E-state index >= 15 is 0 Å². The van der Waals surface area contributed by atoms with Crippen LogP contribution in [0.25, 0.3) is 6.08 Å². The van der Waals surface area contributed by atoms with E-state index in [4.69, 9.17) is 9.47 Å². The first-order valence-electron chi connectivity index (χ1n) is 8.98. The second kappa shape index (κ2) is 11.2. The van der Waals surface area contributed by atoms with Gasteiger partial charge in [0.25, 0.3) is 0 Å². The fraction of sp³-hybridized carbons (Fsp3) is 0.273. The fourth-order valence-electron chi connectivity index (χ4n) is 2.74. The number of halogens is 2. The maximum atomic E-state index is 12.6. The van der Waals surface area contributed by atoms with Crippen molar-refractivity contribution in [3.05, 3.63) is 74.7 Å². The van der Waals surface area contributed by atoms with E-state index in [0.717, 1.165) is 20.1 Å². The van der Waals surface area contributed by atoms with Crippen LogP contribution in [0.2, 0.25) is 0 Å². The first kappa shape index (κ1) is 22.4. The maximum absolute atomic E-state index is 12.6. The Bertz CT molecular complexity index is 795. The Morgan fingerprint density at radius 3 is 1.79 bits per heavy atom. The summed E-state index contributed by atoms with van der Waals surface area (Å²) in [5.41, 5.74) is 1.78. The van der Waals surface area contributed by atoms with Crippen LogP contribution in [0.1, 0.15) is 30.9 Å². The molecule has 1 unspecified atom stereocenters. The van der Waals surface area contributed by atoms with Crippen molar-refractivity contribution in [3.8, 4) is 0 Å². The quantitative estimate of drug-likeness (QED) is 0.335. The molecule has 2 rings (SSSR count). The number of carbonyl (C=O) groups is 2. The SMILES string of the molecule is CCOC(=O)C(C(=O)OCC)C(/C=C/c1ccc(Br)cc1)c1ccc(Br)cc1. The number of ether oxygens (including phenoxy) is 2. The topological polar surface area (TPSA) is 52.6 Å². The third-order valence-electron chi connectivity index (χ3n) is 4.06. The number of benzene rings is 2. The molecular formula is C22H22Br2O4. The van der Waals surface area contributed by atoms with Gasteiger partial charge >= 0.3 is 11.9 Å². The average molecular weight is 510 g/mol. The van der Waals surface area contributed by atoms with Crippen LogP contribution in [-0.2, 0) is 19.1 Å². The lowest BCUT2D eigenvalue weighted by molar-refractivity contribution is -0.162. The first-order valence-corrected chi connectivity index (χ1v) is 10.6. The van der Waals surface area contributed by atoms with Crippen LogP contribution in [0, 0.1) is 5.92 Å². The molecule has 28 heavy (non-hydrogen) atoms. The number of hydrogen-bond acceptors (Lipinski definition) is 4. The van der Waals surface area contributed by atoms with Gasteiger partial charge in [-0.15, -0.1) is 0 Å². The first-order chi connectivity index (χ1) is 13.5. The number of carbonyl (C=O) groups excluding carboxylic acids is 2. The highest BCUT2D eigenvalue weighted by atomic mass is 79.9. The van der Waals surface area contributed by atoms with E-state index in [2.05, 4.69) is 31.9 Å². The van der Waals surface area contributed by atoms with Crippen molar-refractivity contribution in [2.75, 3.05) is 13.2 Å². The van der Waals surface area contributed by atoms with E-state index in [1.807, 2.05) is 60.7 Å². The summed E-state index contributed by atoms with van der Waals surface area (Å²) in [5.74, 6) is -2.77. The minimum absolute atomic E-state index is 0.193. The van der Waals surface area contributed by atoms with Crippen molar-refractivity contribution in [1.82, 2.24) is 0 Å². The summed E-state index contributed by atoms with van der Waals surface area (Å²) < 4.78 is 12.2. The molecule has 0 aliphatic heterocycles. The Balaban J connectivity index is 2.46. The standard InChI is InChI=1S/C22H22Br2O4/c1-3-27-21(25)20(22(26)28-4-2)19(16-8-12-18(24)13-9-16)14-7-15-5-10-17(23)11-6-15/h5-14,19-20H,3-4H2,1-2H3/b14-7+. The molecule has 0 heterocycles. The number of rotatable bonds is 8. The summed E-state index contributed by atoms with van der Waals surface area (Å²) >= 11 is 6.83. The third kappa shape index (κ3) is 6.31. The molecule has 0 fully saturated rings. The normalized spacial score (nSPS) is 12.2. The van der Waals surface area contributed by atoms with Crippen molar-refractivity contribution in [1.29, 1.82) is 0 Å². The molecule has 0 radical (unpaired) electrons. The third-order valence-corrected chi connectivity index (χ3v) is 5.12. The highest BCUT2D eigenvalue weighted by molar-refractivity contribution is 9.10. The van der Waals surface area contributed by atoms with Gasteiger partial charge in [-0.05, 0) is 49.2 Å². The molecule has 0 spiro atoms. The van der Waals surface area contributed by atoms with E-state index in [1.54, 1.807) is 13.8 Å². The van der Waals surface area contributed by atoms with Crippen LogP contribution in [-0.4, -0.2) is 25.2 Å². The van der Waals surface area contributed by atoms with Crippen molar-refractivity contribution in [2.45, 2.75) is 19.8 Å². The maximum Gasteiger partial charge on any atom is 0.321 e. The molecule has 148 valence electrons. The molecule has 0 aliphatic rings. The van der Waals surface area contributed by atoms with Crippen LogP contribution in [0.3, 0.4) is 0 Å². The van der Waals surface area contributed by atoms with E-state index in [-0.39, 0.29) is 13.2 Å². The highest BCUT2D eigenvalue weighted by Gasteiger charge is 2.37. The van der Waals surface area contributed by atoms with Crippen LogP contribution in [0.5, 0.6) is 0 Å². The molecule has 2 aromatic carbocycles. The Hall–Kier alpha value is -1.92. The Kier molecular flexibility index (Phi) is 8.93. The van der Waals surface area contributed by atoms with E-state index in [0.29, 0.717) is 0 Å². The summed E-state index contributed by atoms with van der Waals surface area (Å²) in [6, 6.07) is 15.3. The van der Waals surface area contributed by atoms with Gasteiger partial charge in [0, 0.05) is 14.9 Å². The molecule has 6 heteroatoms. The summed E-state index contributed by atoms with van der Waals surface area (Å²) in [4.78, 5) is 25.2. The lowest BCUT2D eigenvalue weighted by atomic mass is 9.85. The zero-order valence-corrected chi connectivity index (χ0v) is 18.9. The molecule has 0 aromatic heterocycles. The summed E-state index contributed by atoms with van der Waals surface area (Å²) in [6.45, 7) is 3.81. The number of allylic oxidation sites excluding steroid dienone is 1. The van der Waals surface area contributed by atoms with Crippen molar-refractivity contribution >= 4 is 49.9 Å². The summed E-state index contributed by atoms with van der Waals surface area (Å²) in [7, 11) is 0. The number of esters is 2. The summed E-state index contributed by atoms with van der Waals surface area (Å²) in [6.07, 6.45) is 3.75. The van der Waals surface area contributed by atoms with Crippen LogP contribution >= 0.6 is 31.9 Å². The second-order valence-corrected chi connectivity index (χ2v) is 7.80. The van der Waals surface area contributed by atoms with Crippen LogP contribution in [0.4, 0.5) is 0 Å². The molecule has 4 nitrogen and oxygen atoms in total. The smallest absolute Gasteiger partial charge is 0.321 e. The lowest BCUT2D eigenvalue weighted by Crippen LogP contribution is -2.32. The molecule has 0 saturated heterocycles. The van der Waals surface area contributed by atoms with E-state index < -0.39 is 23.8 Å². The minimum Gasteiger partial charge on any atom is -0.465 e. The van der Waals surface area contributed by atoms with Gasteiger partial charge in [-0.1, -0.05) is 68.3 Å². The van der Waals surface area contributed by atoms with Crippen molar-refractivity contribution in [3.63, 3.8) is 0 Å². The lowest BCUT2D eigenvalue weighted by Gasteiger charge is -2.22. The predicted molar refractivity (Wildman–Crippen MR) is 117 cm³/mol. The van der Waals surface area contributed by atoms with Gasteiger partial charge in [0.05, 0.1) is 13.2 Å². The molecule has 1 atom stereocenters. The Morgan fingerprint density at radius 2 is 1.32 bits per heavy atom. The van der Waals surface area contributed by atoms with Gasteiger partial charge in [0.2, 0.25) is 0 Å². The van der Waals surface area contributed by atoms with Gasteiger partial charge in [-0.2, -0.15) is 0 Å². The largest absolute Gasteiger partial charge is 0.465 e. The Labute approximate surface area is 182 Å². The monoisotopic (exact) mass is 508 g/mol. The van der Waals surface area contributed by atoms with E-state index in [9.17, 15) is 9.59 Å². The minimum atomic E-state index is -1.08. The van der Waals surface area contributed by atoms with Crippen molar-refractivity contribution < 1.29 is 19.1 Å². The van der Waals surface area contributed by atoms with Crippen molar-refractivity contribution in [2.24, 2.45) is 5.92 Å². The number of hydrogen-bond donors (Lipinski definition) is 0. The van der Waals surface area contributed by atoms with E-state index in [1.165, 1.54) is 0 Å². The second-order valence-electron chi connectivity index (χ2n) is 5.97. The van der Waals surface area contributed by atoms with Gasteiger partial charge in [-0.25, -0.2) is 0 Å². The van der Waals surface area contributed by atoms with Gasteiger partial charge < -0.3 is 9.47 Å². The molecule has 0 aliphatic carbocycles. The van der Waals surface area contributed by atoms with Crippen LogP contribution < -0.4 is 0 Å². The fourth-order valence-corrected chi connectivity index (χ4v) is 3.27. The van der Waals surface area contributed by atoms with Gasteiger partial charge in [-0.3, -0.25) is 9.59 Å². The predicted octanol–water partition coefficient (Wildman–Crippen LogP) is 5.75. The van der Waals surface area contributed by atoms with Crippen LogP contribution in [0.15, 0.2) is 63.6 Å². The van der Waals surface area contributed by atoms with Gasteiger partial charge in [0.15, 0.2) is 5.92 Å². The molecule has 0 amide bonds. The highest BCUT2D eigenvalue weighted by Crippen LogP contribution is 2.31. The molecule has 0 bridgehead atoms. The molecule has 0 N–H and O–H groups in total. The zero-order chi connectivity index (χ0) is 20.5.